The molecule has 3 aromatic rings. The first-order chi connectivity index (χ1) is 13.6. The fourth-order valence-electron chi connectivity index (χ4n) is 3.52. The molecule has 1 aliphatic heterocycles. The zero-order valence-corrected chi connectivity index (χ0v) is 15.5. The minimum Gasteiger partial charge on any atom is -0.320 e. The molecule has 0 spiro atoms. The number of anilines is 2. The first-order valence-electron chi connectivity index (χ1n) is 9.30. The van der Waals surface area contributed by atoms with E-state index in [4.69, 9.17) is 0 Å². The molecule has 4 rings (SSSR count). The predicted octanol–water partition coefficient (Wildman–Crippen LogP) is 2.86. The van der Waals surface area contributed by atoms with Crippen LogP contribution in [-0.2, 0) is 11.2 Å². The standard InChI is InChI=1S/C21H20N4O3/c1-2-11-25-17-9-8-14(12-13(17)7-10-18(25)26)22-21(28)19-20(27)15-5-3-4-6-16(15)23-24-19/h3-6,8-9,12H,2,7,10-11H2,1H3,(H,22,28)(H,23,27). The normalized spacial score (nSPS) is 13.5. The number of hydrogen-bond acceptors (Lipinski definition) is 4. The number of fused-ring (bicyclic) bond motifs is 2. The van der Waals surface area contributed by atoms with Crippen molar-refractivity contribution in [1.82, 2.24) is 10.2 Å². The molecule has 142 valence electrons. The topological polar surface area (TPSA) is 95.2 Å². The van der Waals surface area contributed by atoms with E-state index >= 15 is 0 Å². The summed E-state index contributed by atoms with van der Waals surface area (Å²) in [5.41, 5.74) is 2.45. The number of aromatic amines is 1. The Labute approximate surface area is 161 Å². The fraction of sp³-hybridized carbons (Fsp3) is 0.238. The summed E-state index contributed by atoms with van der Waals surface area (Å²) in [7, 11) is 0. The minimum atomic E-state index is -0.566. The summed E-state index contributed by atoms with van der Waals surface area (Å²) in [6.45, 7) is 2.71. The number of carbonyl (C=O) groups excluding carboxylic acids is 2. The van der Waals surface area contributed by atoms with Gasteiger partial charge in [-0.3, -0.25) is 19.5 Å². The number of H-pyrrole nitrogens is 1. The van der Waals surface area contributed by atoms with Crippen molar-refractivity contribution >= 4 is 34.1 Å². The maximum atomic E-state index is 12.6. The molecule has 1 aliphatic rings. The van der Waals surface area contributed by atoms with Crippen LogP contribution in [0, 0.1) is 0 Å². The predicted molar refractivity (Wildman–Crippen MR) is 108 cm³/mol. The summed E-state index contributed by atoms with van der Waals surface area (Å²) < 4.78 is 0. The molecule has 0 fully saturated rings. The summed E-state index contributed by atoms with van der Waals surface area (Å²) in [6, 6.07) is 12.4. The van der Waals surface area contributed by atoms with Crippen LogP contribution in [-0.4, -0.2) is 28.6 Å². The van der Waals surface area contributed by atoms with Crippen LogP contribution in [0.4, 0.5) is 11.4 Å². The average Bonchev–Trinajstić information content (AvgIpc) is 2.70. The molecule has 2 heterocycles. The van der Waals surface area contributed by atoms with E-state index in [0.717, 1.165) is 17.7 Å². The summed E-state index contributed by atoms with van der Waals surface area (Å²) in [5, 5.41) is 9.85. The highest BCUT2D eigenvalue weighted by atomic mass is 16.2. The lowest BCUT2D eigenvalue weighted by atomic mass is 10.00. The van der Waals surface area contributed by atoms with E-state index in [2.05, 4.69) is 15.5 Å². The van der Waals surface area contributed by atoms with Crippen LogP contribution < -0.4 is 15.6 Å². The molecule has 2 amide bonds. The van der Waals surface area contributed by atoms with Gasteiger partial charge in [-0.05, 0) is 48.7 Å². The number of carbonyl (C=O) groups is 2. The van der Waals surface area contributed by atoms with Crippen molar-refractivity contribution in [2.45, 2.75) is 26.2 Å². The van der Waals surface area contributed by atoms with Gasteiger partial charge in [0, 0.05) is 29.7 Å². The Bertz CT molecular complexity index is 1140. The molecule has 28 heavy (non-hydrogen) atoms. The third-order valence-electron chi connectivity index (χ3n) is 4.87. The zero-order chi connectivity index (χ0) is 19.7. The minimum absolute atomic E-state index is 0.123. The summed E-state index contributed by atoms with van der Waals surface area (Å²) in [4.78, 5) is 39.1. The lowest BCUT2D eigenvalue weighted by Gasteiger charge is -2.29. The van der Waals surface area contributed by atoms with Crippen molar-refractivity contribution in [3.8, 4) is 0 Å². The number of hydrogen-bond donors (Lipinski definition) is 2. The summed E-state index contributed by atoms with van der Waals surface area (Å²) in [6.07, 6.45) is 1.96. The van der Waals surface area contributed by atoms with Crippen molar-refractivity contribution in [2.24, 2.45) is 0 Å². The van der Waals surface area contributed by atoms with Crippen LogP contribution in [0.15, 0.2) is 47.3 Å². The molecule has 0 bridgehead atoms. The van der Waals surface area contributed by atoms with Gasteiger partial charge in [0.1, 0.15) is 0 Å². The zero-order valence-electron chi connectivity index (χ0n) is 15.5. The van der Waals surface area contributed by atoms with Crippen molar-refractivity contribution in [1.29, 1.82) is 0 Å². The van der Waals surface area contributed by atoms with Crippen LogP contribution >= 0.6 is 0 Å². The number of nitrogens with zero attached hydrogens (tertiary/aromatic N) is 2. The van der Waals surface area contributed by atoms with E-state index in [1.54, 1.807) is 35.2 Å². The number of rotatable bonds is 4. The molecule has 0 saturated carbocycles. The van der Waals surface area contributed by atoms with E-state index in [9.17, 15) is 14.4 Å². The number of para-hydroxylation sites is 1. The quantitative estimate of drug-likeness (QED) is 0.732. The molecular weight excluding hydrogens is 356 g/mol. The molecule has 0 atom stereocenters. The van der Waals surface area contributed by atoms with E-state index in [-0.39, 0.29) is 11.6 Å². The smallest absolute Gasteiger partial charge is 0.280 e. The van der Waals surface area contributed by atoms with Gasteiger partial charge in [0.05, 0.1) is 5.52 Å². The molecular formula is C21H20N4O3. The van der Waals surface area contributed by atoms with Crippen molar-refractivity contribution in [2.75, 3.05) is 16.8 Å². The monoisotopic (exact) mass is 376 g/mol. The molecule has 7 nitrogen and oxygen atoms in total. The number of benzene rings is 2. The second-order valence-corrected chi connectivity index (χ2v) is 6.79. The molecule has 0 unspecified atom stereocenters. The Balaban J connectivity index is 1.62. The highest BCUT2D eigenvalue weighted by molar-refractivity contribution is 6.04. The third-order valence-corrected chi connectivity index (χ3v) is 4.87. The van der Waals surface area contributed by atoms with Gasteiger partial charge in [0.2, 0.25) is 11.3 Å². The van der Waals surface area contributed by atoms with Crippen LogP contribution in [0.2, 0.25) is 0 Å². The molecule has 0 aliphatic carbocycles. The van der Waals surface area contributed by atoms with E-state index in [0.29, 0.717) is 36.0 Å². The highest BCUT2D eigenvalue weighted by Gasteiger charge is 2.24. The Morgan fingerprint density at radius 3 is 2.82 bits per heavy atom. The van der Waals surface area contributed by atoms with Crippen molar-refractivity contribution < 1.29 is 9.59 Å². The number of aromatic nitrogens is 2. The Hall–Kier alpha value is -3.48. The van der Waals surface area contributed by atoms with Crippen LogP contribution in [0.3, 0.4) is 0 Å². The van der Waals surface area contributed by atoms with E-state index in [1.165, 1.54) is 0 Å². The van der Waals surface area contributed by atoms with Crippen molar-refractivity contribution in [3.05, 3.63) is 63.9 Å². The Kier molecular flexibility index (Phi) is 4.65. The third kappa shape index (κ3) is 3.15. The van der Waals surface area contributed by atoms with Gasteiger partial charge < -0.3 is 10.2 Å². The lowest BCUT2D eigenvalue weighted by molar-refractivity contribution is -0.118. The van der Waals surface area contributed by atoms with Gasteiger partial charge in [-0.2, -0.15) is 5.10 Å². The number of amides is 2. The van der Waals surface area contributed by atoms with Crippen LogP contribution in [0.25, 0.3) is 10.9 Å². The first kappa shape index (κ1) is 17.9. The number of nitrogens with one attached hydrogen (secondary N) is 2. The molecule has 2 aromatic carbocycles. The fourth-order valence-corrected chi connectivity index (χ4v) is 3.52. The first-order valence-corrected chi connectivity index (χ1v) is 9.30. The van der Waals surface area contributed by atoms with Gasteiger partial charge in [0.15, 0.2) is 5.69 Å². The Morgan fingerprint density at radius 1 is 1.18 bits per heavy atom. The number of aryl methyl sites for hydroxylation is 1. The van der Waals surface area contributed by atoms with Gasteiger partial charge in [-0.15, -0.1) is 0 Å². The molecule has 0 saturated heterocycles. The Morgan fingerprint density at radius 2 is 2.00 bits per heavy atom. The van der Waals surface area contributed by atoms with E-state index < -0.39 is 11.3 Å². The van der Waals surface area contributed by atoms with Crippen molar-refractivity contribution in [3.63, 3.8) is 0 Å². The van der Waals surface area contributed by atoms with Gasteiger partial charge in [-0.25, -0.2) is 0 Å². The molecule has 0 radical (unpaired) electrons. The van der Waals surface area contributed by atoms with Gasteiger partial charge >= 0.3 is 0 Å². The second-order valence-electron chi connectivity index (χ2n) is 6.79. The average molecular weight is 376 g/mol. The lowest BCUT2D eigenvalue weighted by Crippen LogP contribution is -2.35. The van der Waals surface area contributed by atoms with E-state index in [1.807, 2.05) is 19.1 Å². The maximum Gasteiger partial charge on any atom is 0.280 e. The van der Waals surface area contributed by atoms with Crippen LogP contribution in [0.5, 0.6) is 0 Å². The maximum absolute atomic E-state index is 12.6. The molecule has 7 heteroatoms. The SMILES string of the molecule is CCCN1C(=O)CCc2cc(NC(=O)c3n[nH]c4ccccc4c3=O)ccc21. The summed E-state index contributed by atoms with van der Waals surface area (Å²) >= 11 is 0. The largest absolute Gasteiger partial charge is 0.320 e. The van der Waals surface area contributed by atoms with Crippen LogP contribution in [0.1, 0.15) is 35.8 Å². The second kappa shape index (κ2) is 7.26. The highest BCUT2D eigenvalue weighted by Crippen LogP contribution is 2.30. The molecule has 2 N–H and O–H groups in total. The van der Waals surface area contributed by atoms with Gasteiger partial charge in [0.25, 0.3) is 5.91 Å². The molecule has 1 aromatic heterocycles. The van der Waals surface area contributed by atoms with Gasteiger partial charge in [-0.1, -0.05) is 19.1 Å². The summed E-state index contributed by atoms with van der Waals surface area (Å²) in [5.74, 6) is -0.442.